The van der Waals surface area contributed by atoms with Gasteiger partial charge in [-0.25, -0.2) is 0 Å². The smallest absolute Gasteiger partial charge is 0.0414 e. The Balaban J connectivity index is 1.83. The molecular formula is C17H26N2. The van der Waals surface area contributed by atoms with Gasteiger partial charge in [-0.2, -0.15) is 0 Å². The summed E-state index contributed by atoms with van der Waals surface area (Å²) in [5.41, 5.74) is 2.98. The Morgan fingerprint density at radius 2 is 1.89 bits per heavy atom. The SMILES string of the molecule is CNC1CCCN(CC2CCCC2)c2ccccc21. The van der Waals surface area contributed by atoms with Crippen LogP contribution in [0.3, 0.4) is 0 Å². The molecule has 1 unspecified atom stereocenters. The van der Waals surface area contributed by atoms with Crippen molar-refractivity contribution in [1.29, 1.82) is 0 Å². The minimum Gasteiger partial charge on any atom is -0.371 e. The Morgan fingerprint density at radius 1 is 1.11 bits per heavy atom. The second kappa shape index (κ2) is 5.96. The lowest BCUT2D eigenvalue weighted by atomic mass is 10.0. The summed E-state index contributed by atoms with van der Waals surface area (Å²) in [6.45, 7) is 2.50. The van der Waals surface area contributed by atoms with Crippen LogP contribution in [0.25, 0.3) is 0 Å². The number of hydrogen-bond acceptors (Lipinski definition) is 2. The van der Waals surface area contributed by atoms with E-state index in [-0.39, 0.29) is 0 Å². The van der Waals surface area contributed by atoms with Crippen molar-refractivity contribution in [3.8, 4) is 0 Å². The van der Waals surface area contributed by atoms with Crippen LogP contribution >= 0.6 is 0 Å². The molecule has 0 radical (unpaired) electrons. The first-order chi connectivity index (χ1) is 9.38. The highest BCUT2D eigenvalue weighted by Crippen LogP contribution is 2.34. The van der Waals surface area contributed by atoms with Crippen LogP contribution in [-0.2, 0) is 0 Å². The third-order valence-corrected chi connectivity index (χ3v) is 4.88. The van der Waals surface area contributed by atoms with Crippen molar-refractivity contribution in [2.24, 2.45) is 5.92 Å². The Kier molecular flexibility index (Phi) is 4.07. The largest absolute Gasteiger partial charge is 0.371 e. The van der Waals surface area contributed by atoms with Gasteiger partial charge in [-0.1, -0.05) is 31.0 Å². The van der Waals surface area contributed by atoms with Gasteiger partial charge in [0, 0.05) is 24.8 Å². The van der Waals surface area contributed by atoms with Crippen molar-refractivity contribution >= 4 is 5.69 Å². The van der Waals surface area contributed by atoms with Gasteiger partial charge in [-0.05, 0) is 50.3 Å². The summed E-state index contributed by atoms with van der Waals surface area (Å²) in [5.74, 6) is 0.930. The summed E-state index contributed by atoms with van der Waals surface area (Å²) < 4.78 is 0. The molecule has 3 rings (SSSR count). The maximum absolute atomic E-state index is 3.49. The summed E-state index contributed by atoms with van der Waals surface area (Å²) in [7, 11) is 2.09. The van der Waals surface area contributed by atoms with Gasteiger partial charge in [0.2, 0.25) is 0 Å². The van der Waals surface area contributed by atoms with E-state index >= 15 is 0 Å². The van der Waals surface area contributed by atoms with E-state index in [0.717, 1.165) is 5.92 Å². The van der Waals surface area contributed by atoms with E-state index in [4.69, 9.17) is 0 Å². The van der Waals surface area contributed by atoms with Crippen LogP contribution in [0.4, 0.5) is 5.69 Å². The average Bonchev–Trinajstić information content (AvgIpc) is 2.89. The van der Waals surface area contributed by atoms with Crippen molar-refractivity contribution in [2.75, 3.05) is 25.0 Å². The van der Waals surface area contributed by atoms with E-state index in [1.165, 1.54) is 62.9 Å². The summed E-state index contributed by atoms with van der Waals surface area (Å²) >= 11 is 0. The van der Waals surface area contributed by atoms with Crippen molar-refractivity contribution in [2.45, 2.75) is 44.6 Å². The topological polar surface area (TPSA) is 15.3 Å². The van der Waals surface area contributed by atoms with Crippen LogP contribution in [0.5, 0.6) is 0 Å². The third kappa shape index (κ3) is 2.79. The molecule has 1 aliphatic heterocycles. The van der Waals surface area contributed by atoms with Crippen molar-refractivity contribution < 1.29 is 0 Å². The minimum atomic E-state index is 0.532. The highest BCUT2D eigenvalue weighted by Gasteiger charge is 2.24. The molecule has 1 atom stereocenters. The first kappa shape index (κ1) is 13.0. The Hall–Kier alpha value is -1.02. The normalized spacial score (nSPS) is 24.3. The third-order valence-electron chi connectivity index (χ3n) is 4.88. The molecule has 0 bridgehead atoms. The van der Waals surface area contributed by atoms with Crippen LogP contribution < -0.4 is 10.2 Å². The minimum absolute atomic E-state index is 0.532. The quantitative estimate of drug-likeness (QED) is 0.888. The first-order valence-corrected chi connectivity index (χ1v) is 7.89. The lowest BCUT2D eigenvalue weighted by Gasteiger charge is -2.28. The Morgan fingerprint density at radius 3 is 2.68 bits per heavy atom. The first-order valence-electron chi connectivity index (χ1n) is 7.89. The molecule has 104 valence electrons. The molecule has 2 aliphatic rings. The molecule has 0 amide bonds. The molecular weight excluding hydrogens is 232 g/mol. The lowest BCUT2D eigenvalue weighted by Crippen LogP contribution is -2.29. The fraction of sp³-hybridized carbons (Fsp3) is 0.647. The van der Waals surface area contributed by atoms with E-state index in [1.54, 1.807) is 0 Å². The van der Waals surface area contributed by atoms with Crippen molar-refractivity contribution in [3.63, 3.8) is 0 Å². The van der Waals surface area contributed by atoms with E-state index in [2.05, 4.69) is 41.5 Å². The zero-order valence-corrected chi connectivity index (χ0v) is 12.1. The molecule has 1 saturated carbocycles. The maximum atomic E-state index is 3.49. The van der Waals surface area contributed by atoms with Gasteiger partial charge in [0.1, 0.15) is 0 Å². The van der Waals surface area contributed by atoms with Crippen LogP contribution in [0, 0.1) is 5.92 Å². The van der Waals surface area contributed by atoms with Crippen molar-refractivity contribution in [3.05, 3.63) is 29.8 Å². The molecule has 19 heavy (non-hydrogen) atoms. The van der Waals surface area contributed by atoms with Gasteiger partial charge in [0.25, 0.3) is 0 Å². The van der Waals surface area contributed by atoms with Crippen LogP contribution in [-0.4, -0.2) is 20.1 Å². The fourth-order valence-electron chi connectivity index (χ4n) is 3.83. The van der Waals surface area contributed by atoms with E-state index in [1.807, 2.05) is 0 Å². The molecule has 1 aliphatic carbocycles. The molecule has 2 heteroatoms. The van der Waals surface area contributed by atoms with Gasteiger partial charge in [-0.3, -0.25) is 0 Å². The van der Waals surface area contributed by atoms with Gasteiger partial charge in [0.05, 0.1) is 0 Å². The highest BCUT2D eigenvalue weighted by molar-refractivity contribution is 5.56. The highest BCUT2D eigenvalue weighted by atomic mass is 15.1. The summed E-state index contributed by atoms with van der Waals surface area (Å²) in [5, 5.41) is 3.49. The molecule has 1 aromatic rings. The molecule has 0 aromatic heterocycles. The molecule has 1 fully saturated rings. The average molecular weight is 258 g/mol. The second-order valence-corrected chi connectivity index (χ2v) is 6.14. The second-order valence-electron chi connectivity index (χ2n) is 6.14. The number of benzene rings is 1. The molecule has 0 saturated heterocycles. The Bertz CT molecular complexity index is 409. The van der Waals surface area contributed by atoms with Crippen LogP contribution in [0.15, 0.2) is 24.3 Å². The van der Waals surface area contributed by atoms with Gasteiger partial charge < -0.3 is 10.2 Å². The van der Waals surface area contributed by atoms with Gasteiger partial charge in [-0.15, -0.1) is 0 Å². The van der Waals surface area contributed by atoms with Gasteiger partial charge in [0.15, 0.2) is 0 Å². The van der Waals surface area contributed by atoms with Crippen LogP contribution in [0.2, 0.25) is 0 Å². The zero-order chi connectivity index (χ0) is 13.1. The predicted molar refractivity (Wildman–Crippen MR) is 81.6 cm³/mol. The monoisotopic (exact) mass is 258 g/mol. The summed E-state index contributed by atoms with van der Waals surface area (Å²) in [6, 6.07) is 9.54. The number of para-hydroxylation sites is 1. The molecule has 1 aromatic carbocycles. The molecule has 2 nitrogen and oxygen atoms in total. The predicted octanol–water partition coefficient (Wildman–Crippen LogP) is 3.74. The number of nitrogens with zero attached hydrogens (tertiary/aromatic N) is 1. The van der Waals surface area contributed by atoms with Crippen molar-refractivity contribution in [1.82, 2.24) is 5.32 Å². The molecule has 1 N–H and O–H groups in total. The number of hydrogen-bond donors (Lipinski definition) is 1. The number of nitrogens with one attached hydrogen (secondary N) is 1. The van der Waals surface area contributed by atoms with Gasteiger partial charge >= 0.3 is 0 Å². The Labute approximate surface area is 117 Å². The lowest BCUT2D eigenvalue weighted by molar-refractivity contribution is 0.515. The fourth-order valence-corrected chi connectivity index (χ4v) is 3.83. The van der Waals surface area contributed by atoms with E-state index in [0.29, 0.717) is 6.04 Å². The number of fused-ring (bicyclic) bond motifs is 1. The van der Waals surface area contributed by atoms with E-state index < -0.39 is 0 Å². The maximum Gasteiger partial charge on any atom is 0.0414 e. The number of anilines is 1. The summed E-state index contributed by atoms with van der Waals surface area (Å²) in [4.78, 5) is 2.66. The van der Waals surface area contributed by atoms with E-state index in [9.17, 15) is 0 Å². The molecule has 1 heterocycles. The standard InChI is InChI=1S/C17H26N2/c1-18-16-10-6-12-19(13-14-7-2-3-8-14)17-11-5-4-9-15(16)17/h4-5,9,11,14,16,18H,2-3,6-8,10,12-13H2,1H3. The van der Waals surface area contributed by atoms with Crippen LogP contribution in [0.1, 0.15) is 50.1 Å². The summed E-state index contributed by atoms with van der Waals surface area (Å²) in [6.07, 6.45) is 8.32. The zero-order valence-electron chi connectivity index (χ0n) is 12.1. The number of rotatable bonds is 3. The molecule has 0 spiro atoms.